The number of benzene rings is 3. The first-order chi connectivity index (χ1) is 12.7. The summed E-state index contributed by atoms with van der Waals surface area (Å²) in [5.74, 6) is 0.156. The van der Waals surface area contributed by atoms with E-state index in [-0.39, 0.29) is 5.97 Å². The van der Waals surface area contributed by atoms with E-state index in [1.165, 1.54) is 0 Å². The van der Waals surface area contributed by atoms with Crippen LogP contribution in [0.15, 0.2) is 84.9 Å². The summed E-state index contributed by atoms with van der Waals surface area (Å²) in [6.45, 7) is 1.92. The second-order valence-electron chi connectivity index (χ2n) is 6.05. The van der Waals surface area contributed by atoms with Gasteiger partial charge in [0.25, 0.3) is 0 Å². The lowest BCUT2D eigenvalue weighted by molar-refractivity contribution is 0.0736. The van der Waals surface area contributed by atoms with Crippen LogP contribution >= 0.6 is 0 Å². The predicted octanol–water partition coefficient (Wildman–Crippen LogP) is 5.43. The monoisotopic (exact) mass is 339 g/mol. The van der Waals surface area contributed by atoms with Crippen LogP contribution in [-0.4, -0.2) is 11.0 Å². The van der Waals surface area contributed by atoms with E-state index in [2.05, 4.69) is 0 Å². The van der Waals surface area contributed by atoms with Crippen LogP contribution in [0.1, 0.15) is 15.9 Å². The molecule has 0 saturated heterocycles. The van der Waals surface area contributed by atoms with Gasteiger partial charge in [-0.15, -0.1) is 0 Å². The van der Waals surface area contributed by atoms with Crippen molar-refractivity contribution in [1.29, 1.82) is 0 Å². The summed E-state index contributed by atoms with van der Waals surface area (Å²) in [7, 11) is 0. The number of nitrogens with zero attached hydrogens (tertiary/aromatic N) is 1. The molecule has 4 aromatic rings. The third-order valence-electron chi connectivity index (χ3n) is 4.34. The topological polar surface area (TPSA) is 39.2 Å². The highest BCUT2D eigenvalue weighted by Crippen LogP contribution is 2.30. The first-order valence-electron chi connectivity index (χ1n) is 8.46. The Kier molecular flexibility index (Phi) is 4.20. The summed E-state index contributed by atoms with van der Waals surface area (Å²) in [5, 5.41) is 0.797. The zero-order valence-corrected chi connectivity index (χ0v) is 14.3. The van der Waals surface area contributed by atoms with Crippen LogP contribution < -0.4 is 4.74 Å². The Hall–Kier alpha value is -3.46. The molecule has 0 spiro atoms. The number of carbonyl (C=O) groups is 1. The number of hydrogen-bond donors (Lipinski definition) is 0. The molecule has 3 aromatic carbocycles. The Balaban J connectivity index is 1.90. The van der Waals surface area contributed by atoms with E-state index in [9.17, 15) is 4.79 Å². The van der Waals surface area contributed by atoms with Crippen molar-refractivity contribution >= 4 is 16.9 Å². The lowest BCUT2D eigenvalue weighted by Crippen LogP contribution is -2.12. The fourth-order valence-electron chi connectivity index (χ4n) is 3.09. The van der Waals surface area contributed by atoms with Crippen LogP contribution in [0.2, 0.25) is 0 Å². The number of rotatable bonds is 3. The van der Waals surface area contributed by atoms with E-state index in [0.717, 1.165) is 27.7 Å². The van der Waals surface area contributed by atoms with Crippen LogP contribution in [0.25, 0.3) is 22.2 Å². The second-order valence-corrected chi connectivity index (χ2v) is 6.05. The van der Waals surface area contributed by atoms with Gasteiger partial charge in [-0.05, 0) is 30.7 Å². The van der Waals surface area contributed by atoms with Crippen LogP contribution in [0.5, 0.6) is 5.75 Å². The Morgan fingerprint density at radius 3 is 2.15 bits per heavy atom. The maximum atomic E-state index is 13.0. The number of esters is 1. The summed E-state index contributed by atoms with van der Waals surface area (Å²) in [6, 6.07) is 26.7. The summed E-state index contributed by atoms with van der Waals surface area (Å²) in [5.41, 5.74) is 3.92. The first-order valence-corrected chi connectivity index (χ1v) is 8.46. The first kappa shape index (κ1) is 16.0. The quantitative estimate of drug-likeness (QED) is 0.369. The highest BCUT2D eigenvalue weighted by atomic mass is 16.5. The van der Waals surface area contributed by atoms with Crippen LogP contribution in [0.4, 0.5) is 0 Å². The Bertz CT molecular complexity index is 1070. The van der Waals surface area contributed by atoms with Crippen molar-refractivity contribution in [1.82, 2.24) is 4.98 Å². The number of para-hydroxylation sites is 2. The van der Waals surface area contributed by atoms with Gasteiger partial charge in [0.2, 0.25) is 0 Å². The molecule has 0 fully saturated rings. The molecule has 0 amide bonds. The lowest BCUT2D eigenvalue weighted by atomic mass is 9.98. The predicted molar refractivity (Wildman–Crippen MR) is 103 cm³/mol. The number of pyridine rings is 1. The largest absolute Gasteiger partial charge is 0.423 e. The van der Waals surface area contributed by atoms with E-state index in [1.54, 1.807) is 12.1 Å². The molecule has 1 heterocycles. The van der Waals surface area contributed by atoms with Gasteiger partial charge in [0.05, 0.1) is 16.8 Å². The third-order valence-corrected chi connectivity index (χ3v) is 4.34. The summed E-state index contributed by atoms with van der Waals surface area (Å²) < 4.78 is 5.61. The standard InChI is InChI=1S/C23H17NO2/c1-16-21(23(25)26-18-12-6-3-7-13-18)19-14-8-9-15-20(19)24-22(16)17-10-4-2-5-11-17/h2-15H,1H3. The molecule has 26 heavy (non-hydrogen) atoms. The van der Waals surface area contributed by atoms with Gasteiger partial charge < -0.3 is 4.74 Å². The molecule has 0 unspecified atom stereocenters. The molecule has 0 radical (unpaired) electrons. The fourth-order valence-corrected chi connectivity index (χ4v) is 3.09. The number of hydrogen-bond acceptors (Lipinski definition) is 3. The average Bonchev–Trinajstić information content (AvgIpc) is 2.69. The summed E-state index contributed by atoms with van der Waals surface area (Å²) in [4.78, 5) is 17.8. The van der Waals surface area contributed by atoms with E-state index in [4.69, 9.17) is 9.72 Å². The molecule has 3 heteroatoms. The van der Waals surface area contributed by atoms with Crippen molar-refractivity contribution in [3.05, 3.63) is 96.1 Å². The Morgan fingerprint density at radius 1 is 0.808 bits per heavy atom. The molecule has 3 nitrogen and oxygen atoms in total. The smallest absolute Gasteiger partial charge is 0.344 e. The van der Waals surface area contributed by atoms with Gasteiger partial charge in [0.1, 0.15) is 5.75 Å². The molecule has 0 aliphatic heterocycles. The van der Waals surface area contributed by atoms with Gasteiger partial charge in [-0.3, -0.25) is 0 Å². The van der Waals surface area contributed by atoms with E-state index < -0.39 is 0 Å². The van der Waals surface area contributed by atoms with Gasteiger partial charge in [0, 0.05) is 10.9 Å². The van der Waals surface area contributed by atoms with Crippen molar-refractivity contribution in [2.24, 2.45) is 0 Å². The molecule has 126 valence electrons. The van der Waals surface area contributed by atoms with Gasteiger partial charge in [-0.25, -0.2) is 9.78 Å². The van der Waals surface area contributed by atoms with Crippen molar-refractivity contribution in [2.45, 2.75) is 6.92 Å². The van der Waals surface area contributed by atoms with Gasteiger partial charge in [-0.2, -0.15) is 0 Å². The average molecular weight is 339 g/mol. The molecule has 4 rings (SSSR count). The van der Waals surface area contributed by atoms with E-state index in [0.29, 0.717) is 11.3 Å². The van der Waals surface area contributed by atoms with E-state index in [1.807, 2.05) is 79.7 Å². The second kappa shape index (κ2) is 6.81. The Morgan fingerprint density at radius 2 is 1.42 bits per heavy atom. The maximum Gasteiger partial charge on any atom is 0.344 e. The van der Waals surface area contributed by atoms with Gasteiger partial charge in [0.15, 0.2) is 0 Å². The molecule has 0 atom stereocenters. The highest BCUT2D eigenvalue weighted by Gasteiger charge is 2.20. The van der Waals surface area contributed by atoms with E-state index >= 15 is 0 Å². The summed E-state index contributed by atoms with van der Waals surface area (Å²) in [6.07, 6.45) is 0. The molecular formula is C23H17NO2. The van der Waals surface area contributed by atoms with Gasteiger partial charge in [-0.1, -0.05) is 66.7 Å². The molecule has 0 bridgehead atoms. The number of fused-ring (bicyclic) bond motifs is 1. The zero-order valence-electron chi connectivity index (χ0n) is 14.3. The molecule has 0 N–H and O–H groups in total. The molecule has 0 aliphatic rings. The van der Waals surface area contributed by atoms with Crippen LogP contribution in [-0.2, 0) is 0 Å². The molecular weight excluding hydrogens is 322 g/mol. The van der Waals surface area contributed by atoms with Crippen molar-refractivity contribution in [3.63, 3.8) is 0 Å². The molecule has 0 saturated carbocycles. The minimum absolute atomic E-state index is 0.371. The minimum Gasteiger partial charge on any atom is -0.423 e. The van der Waals surface area contributed by atoms with Crippen molar-refractivity contribution in [2.75, 3.05) is 0 Å². The van der Waals surface area contributed by atoms with Crippen LogP contribution in [0.3, 0.4) is 0 Å². The fraction of sp³-hybridized carbons (Fsp3) is 0.0435. The number of ether oxygens (including phenoxy) is 1. The number of carbonyl (C=O) groups excluding carboxylic acids is 1. The molecule has 0 aliphatic carbocycles. The summed E-state index contributed by atoms with van der Waals surface area (Å²) >= 11 is 0. The maximum absolute atomic E-state index is 13.0. The molecule has 1 aromatic heterocycles. The minimum atomic E-state index is -0.371. The lowest BCUT2D eigenvalue weighted by Gasteiger charge is -2.14. The number of aromatic nitrogens is 1. The zero-order chi connectivity index (χ0) is 17.9. The SMILES string of the molecule is Cc1c(-c2ccccc2)nc2ccccc2c1C(=O)Oc1ccccc1. The van der Waals surface area contributed by atoms with Crippen LogP contribution in [0, 0.1) is 6.92 Å². The van der Waals surface area contributed by atoms with Gasteiger partial charge >= 0.3 is 5.97 Å². The highest BCUT2D eigenvalue weighted by molar-refractivity contribution is 6.07. The van der Waals surface area contributed by atoms with Crippen molar-refractivity contribution in [3.8, 4) is 17.0 Å². The Labute approximate surface area is 151 Å². The normalized spacial score (nSPS) is 10.7. The van der Waals surface area contributed by atoms with Crippen molar-refractivity contribution < 1.29 is 9.53 Å². The third kappa shape index (κ3) is 2.95.